The van der Waals surface area contributed by atoms with E-state index in [9.17, 15) is 49.5 Å². The number of alkyl carbamates (subject to hydrolysis) is 1. The number of ether oxygens (including phenoxy) is 1. The van der Waals surface area contributed by atoms with Crippen molar-refractivity contribution in [3.8, 4) is 0 Å². The number of rotatable bonds is 90. The molecular weight excluding hydrogens is 1630 g/mol. The maximum Gasteiger partial charge on any atom is 0.407 e. The molecule has 0 bridgehead atoms. The summed E-state index contributed by atoms with van der Waals surface area (Å²) in [5, 5.41) is 60.6. The van der Waals surface area contributed by atoms with Crippen LogP contribution in [0.1, 0.15) is 547 Å². The summed E-state index contributed by atoms with van der Waals surface area (Å²) in [4.78, 5) is 59.0. The van der Waals surface area contributed by atoms with E-state index >= 15 is 0 Å². The Bertz CT molecular complexity index is 2480. The molecule has 0 aliphatic heterocycles. The number of unbranched alkanes of at least 4 members (excludes halogenated alkanes) is 54. The van der Waals surface area contributed by atoms with Gasteiger partial charge in [0.05, 0.1) is 69.9 Å². The van der Waals surface area contributed by atoms with Crippen molar-refractivity contribution in [1.82, 2.24) is 26.6 Å². The Morgan fingerprint density at radius 2 is 0.420 bits per heavy atom. The molecule has 0 aliphatic carbocycles. The van der Waals surface area contributed by atoms with Crippen LogP contribution in [0.2, 0.25) is 0 Å². The number of carbonyl (C=O) groups is 5. The second kappa shape index (κ2) is 113. The number of hydrogen-bond acceptors (Lipinski definition) is 11. The van der Waals surface area contributed by atoms with Crippen LogP contribution in [-0.4, -0.2) is 125 Å². The van der Waals surface area contributed by atoms with Crippen molar-refractivity contribution >= 4 is 29.7 Å². The lowest BCUT2D eigenvalue weighted by Crippen LogP contribution is -2.41. The maximum atomic E-state index is 11.9. The summed E-state index contributed by atoms with van der Waals surface area (Å²) in [5.74, 6) is 1.85. The predicted molar refractivity (Wildman–Crippen MR) is 568 cm³/mol. The zero-order valence-electron chi connectivity index (χ0n) is 89.3. The van der Waals surface area contributed by atoms with E-state index in [1.807, 2.05) is 55.4 Å². The summed E-state index contributed by atoms with van der Waals surface area (Å²) in [6.45, 7) is 32.1. The molecule has 0 saturated carbocycles. The van der Waals surface area contributed by atoms with E-state index < -0.39 is 6.09 Å². The van der Waals surface area contributed by atoms with E-state index in [1.165, 1.54) is 334 Å². The Balaban J connectivity index is -0.000000505. The van der Waals surface area contributed by atoms with Crippen LogP contribution in [0.5, 0.6) is 0 Å². The van der Waals surface area contributed by atoms with Crippen LogP contribution < -0.4 is 26.6 Å². The van der Waals surface area contributed by atoms with Gasteiger partial charge in [-0.1, -0.05) is 434 Å². The first-order valence-corrected chi connectivity index (χ1v) is 56.0. The van der Waals surface area contributed by atoms with Crippen molar-refractivity contribution in [1.29, 1.82) is 0 Å². The van der Waals surface area contributed by atoms with Gasteiger partial charge in [-0.25, -0.2) is 4.79 Å². The molecule has 0 aromatic rings. The van der Waals surface area contributed by atoms with Gasteiger partial charge in [-0.2, -0.15) is 0 Å². The van der Waals surface area contributed by atoms with Crippen molar-refractivity contribution in [2.45, 2.75) is 577 Å². The van der Waals surface area contributed by atoms with Crippen LogP contribution in [0.15, 0.2) is 60.8 Å². The number of hydrogen-bond donors (Lipinski definition) is 10. The quantitative estimate of drug-likeness (QED) is 0.0202. The van der Waals surface area contributed by atoms with Crippen molar-refractivity contribution in [2.75, 3.05) is 39.6 Å². The van der Waals surface area contributed by atoms with Crippen LogP contribution in [0, 0.1) is 29.6 Å². The van der Waals surface area contributed by atoms with E-state index in [-0.39, 0.29) is 111 Å². The molecule has 5 atom stereocenters. The van der Waals surface area contributed by atoms with Gasteiger partial charge in [0.2, 0.25) is 23.6 Å². The van der Waals surface area contributed by atoms with Gasteiger partial charge in [-0.3, -0.25) is 19.2 Å². The van der Waals surface area contributed by atoms with Gasteiger partial charge in [0.15, 0.2) is 0 Å². The van der Waals surface area contributed by atoms with Crippen LogP contribution >= 0.6 is 0 Å². The van der Waals surface area contributed by atoms with Gasteiger partial charge in [0, 0.05) is 25.7 Å². The molecule has 0 saturated heterocycles. The highest BCUT2D eigenvalue weighted by atomic mass is 16.5. The normalized spacial score (nSPS) is 12.8. The average Bonchev–Trinajstić information content (AvgIpc) is 0.985. The lowest BCUT2D eigenvalue weighted by molar-refractivity contribution is -0.123. The number of allylic oxidation sites excluding steroid dienone is 10. The van der Waals surface area contributed by atoms with E-state index in [0.29, 0.717) is 38.2 Å². The van der Waals surface area contributed by atoms with Crippen LogP contribution in [0.25, 0.3) is 0 Å². The SMILES string of the molecule is CCCCC/C=C\C/C=C\CCCCCCCC(=O)N[C@H](CO)C(C)C.CCCCCCCC/C=C\CCCCCCCC(=O)N[C@H](CO)C(C)C.CCCCCCCC/C=C\CCCCCCCC(=O)N[C@H](CO)CC(C)C.CCCCCCCC/C=C\CCCCCCCCOC(=O)N[C@H](CO)C(C)C.CCCCCCCCCCCCCCCC(=O)N[C@H](CO)C(C)C. The molecule has 131 heavy (non-hydrogen) atoms. The largest absolute Gasteiger partial charge is 0.450 e. The standard InChI is InChI=1S/C24H47NO3.C24H47NO2.C23H45NO2.C23H43NO2.C21H43NO2/c1-4-5-6-7-8-9-10-11-12-13-14-15-16-17-18-19-20-28-24(27)25-23(21-26)22(2)3;1-4-5-6-7-8-9-10-11-12-13-14-15-16-17-18-19-24(27)25-23(21-26)20-22(2)3;2*1-4-5-6-7-8-9-10-11-12-13-14-15-16-17-18-19-23(26)24-22(20-25)21(2)3;1-4-5-6-7-8-9-10-11-12-13-14-15-16-17-21(24)22-20(18-23)19(2)3/h11-12,22-23,26H,4-10,13-21H2,1-3H3,(H,25,27);11-12,22-23,26H,4-10,13-21H2,1-3H3,(H,25,27);11-12,21-22,25H,4-10,13-20H2,1-3H3,(H,24,26);8-9,11-12,21-22,25H,4-7,10,13-20H2,1-3H3,(H,24,26);19-20,23H,4-18H2,1-3H3,(H,22,24)/b3*12-11-;9-8-,12-11-;/t2*23-;2*22-;20-/m10111/s1. The maximum absolute atomic E-state index is 11.9. The highest BCUT2D eigenvalue weighted by Gasteiger charge is 2.19. The zero-order chi connectivity index (χ0) is 98.0. The molecule has 0 aliphatic rings. The van der Waals surface area contributed by atoms with Crippen LogP contribution in [0.3, 0.4) is 0 Å². The third kappa shape index (κ3) is 113. The molecule has 0 aromatic carbocycles. The predicted octanol–water partition coefficient (Wildman–Crippen LogP) is 31.0. The minimum atomic E-state index is -0.416. The highest BCUT2D eigenvalue weighted by Crippen LogP contribution is 2.19. The summed E-state index contributed by atoms with van der Waals surface area (Å²) >= 11 is 0. The fourth-order valence-corrected chi connectivity index (χ4v) is 15.4. The van der Waals surface area contributed by atoms with Gasteiger partial charge in [0.25, 0.3) is 0 Å². The lowest BCUT2D eigenvalue weighted by atomic mass is 10.0. The van der Waals surface area contributed by atoms with Gasteiger partial charge >= 0.3 is 6.09 Å². The van der Waals surface area contributed by atoms with Crippen molar-refractivity contribution in [3.63, 3.8) is 0 Å². The molecule has 5 amide bonds. The Kier molecular flexibility index (Phi) is 116. The summed E-state index contributed by atoms with van der Waals surface area (Å²) in [6, 6.07) is -0.626. The van der Waals surface area contributed by atoms with E-state index in [0.717, 1.165) is 83.5 Å². The molecule has 16 nitrogen and oxygen atoms in total. The fraction of sp³-hybridized carbons (Fsp3) is 0.870. The first-order chi connectivity index (χ1) is 63.5. The zero-order valence-corrected chi connectivity index (χ0v) is 89.3. The molecule has 776 valence electrons. The second-order valence-corrected chi connectivity index (χ2v) is 39.8. The minimum absolute atomic E-state index is 0.0194. The molecule has 0 unspecified atom stereocenters. The minimum Gasteiger partial charge on any atom is -0.450 e. The second-order valence-electron chi connectivity index (χ2n) is 39.8. The molecule has 0 fully saturated rings. The Morgan fingerprint density at radius 1 is 0.229 bits per heavy atom. The monoisotopic (exact) mass is 1850 g/mol. The summed E-state index contributed by atoms with van der Waals surface area (Å²) in [7, 11) is 0. The Morgan fingerprint density at radius 3 is 0.641 bits per heavy atom. The van der Waals surface area contributed by atoms with E-state index in [1.54, 1.807) is 0 Å². The van der Waals surface area contributed by atoms with Gasteiger partial charge < -0.3 is 56.9 Å². The first kappa shape index (κ1) is 135. The molecular formula is C115H225N5O11. The summed E-state index contributed by atoms with van der Waals surface area (Å²) in [6.07, 6.45) is 107. The number of aliphatic hydroxyl groups excluding tert-OH is 5. The molecule has 0 aromatic heterocycles. The Hall–Kier alpha value is -4.35. The van der Waals surface area contributed by atoms with Crippen molar-refractivity contribution < 1.29 is 54.2 Å². The van der Waals surface area contributed by atoms with Gasteiger partial charge in [-0.05, 0) is 177 Å². The van der Waals surface area contributed by atoms with Gasteiger partial charge in [0.1, 0.15) is 0 Å². The smallest absolute Gasteiger partial charge is 0.407 e. The van der Waals surface area contributed by atoms with Crippen LogP contribution in [-0.2, 0) is 23.9 Å². The van der Waals surface area contributed by atoms with E-state index in [4.69, 9.17) is 4.74 Å². The van der Waals surface area contributed by atoms with Crippen molar-refractivity contribution in [3.05, 3.63) is 60.8 Å². The molecule has 10 N–H and O–H groups in total. The fourth-order valence-electron chi connectivity index (χ4n) is 15.4. The Labute approximate surface area is 813 Å². The average molecular weight is 1850 g/mol. The van der Waals surface area contributed by atoms with Crippen molar-refractivity contribution in [2.24, 2.45) is 29.6 Å². The van der Waals surface area contributed by atoms with Crippen LogP contribution in [0.4, 0.5) is 4.79 Å². The molecule has 0 spiro atoms. The first-order valence-electron chi connectivity index (χ1n) is 56.0. The van der Waals surface area contributed by atoms with Gasteiger partial charge in [-0.15, -0.1) is 0 Å². The molecule has 0 radical (unpaired) electrons. The highest BCUT2D eigenvalue weighted by molar-refractivity contribution is 5.77. The number of carbonyl (C=O) groups excluding carboxylic acids is 5. The molecule has 0 heterocycles. The number of amides is 5. The lowest BCUT2D eigenvalue weighted by Gasteiger charge is -2.19. The van der Waals surface area contributed by atoms with E-state index in [2.05, 4.69) is 136 Å². The third-order valence-electron chi connectivity index (χ3n) is 24.8. The molecule has 0 rings (SSSR count). The summed E-state index contributed by atoms with van der Waals surface area (Å²) < 4.78 is 5.17. The topological polar surface area (TPSA) is 256 Å². The summed E-state index contributed by atoms with van der Waals surface area (Å²) in [5.41, 5.74) is 0. The number of nitrogens with one attached hydrogen (secondary N) is 5. The number of aliphatic hydroxyl groups is 5. The third-order valence-corrected chi connectivity index (χ3v) is 24.8. The molecule has 16 heteroatoms.